The molecule has 9 heteroatoms. The van der Waals surface area contributed by atoms with E-state index >= 15 is 0 Å². The number of rotatable bonds is 6. The largest absolute Gasteiger partial charge is 0.351 e. The average molecular weight is 312 g/mol. The van der Waals surface area contributed by atoms with Crippen molar-refractivity contribution in [2.24, 2.45) is 10.0 Å². The third-order valence-corrected chi connectivity index (χ3v) is 10.6. The molecule has 0 aromatic carbocycles. The quantitative estimate of drug-likeness (QED) is 0.748. The Labute approximate surface area is 120 Å². The van der Waals surface area contributed by atoms with Gasteiger partial charge in [-0.1, -0.05) is 0 Å². The van der Waals surface area contributed by atoms with Gasteiger partial charge in [0.1, 0.15) is 0 Å². The molecule has 0 saturated heterocycles. The molecule has 0 radical (unpaired) electrons. The molecule has 0 bridgehead atoms. The van der Waals surface area contributed by atoms with Crippen LogP contribution in [0.5, 0.6) is 0 Å². The number of nitrogens with zero attached hydrogens (tertiary/aromatic N) is 6. The molecule has 0 rings (SSSR count). The molecule has 0 amide bonds. The molecule has 2 N–H and O–H groups in total. The van der Waals surface area contributed by atoms with Gasteiger partial charge in [-0.05, 0) is 46.8 Å². The van der Waals surface area contributed by atoms with Gasteiger partial charge in [0.25, 0.3) is 0 Å². The Kier molecular flexibility index (Phi) is 7.07. The summed E-state index contributed by atoms with van der Waals surface area (Å²) >= 11 is 0. The van der Waals surface area contributed by atoms with Gasteiger partial charge in [-0.25, -0.2) is 14.0 Å². The van der Waals surface area contributed by atoms with E-state index < -0.39 is 15.4 Å². The molecule has 0 saturated carbocycles. The minimum Gasteiger partial charge on any atom is -0.249 e. The molecule has 7 nitrogen and oxygen atoms in total. The first-order valence-corrected chi connectivity index (χ1v) is 9.45. The highest BCUT2D eigenvalue weighted by Crippen LogP contribution is 2.68. The second-order valence-electron chi connectivity index (χ2n) is 5.48. The van der Waals surface area contributed by atoms with Crippen LogP contribution in [0.1, 0.15) is 0 Å². The summed E-state index contributed by atoms with van der Waals surface area (Å²) in [6.45, 7) is 0. The molecule has 0 atom stereocenters. The fraction of sp³-hybridized carbons (Fsp3) is 1.00. The van der Waals surface area contributed by atoms with Crippen LogP contribution in [0.25, 0.3) is 0 Å². The summed E-state index contributed by atoms with van der Waals surface area (Å²) < 4.78 is 15.8. The van der Waals surface area contributed by atoms with Crippen LogP contribution in [0.4, 0.5) is 0 Å². The molecule has 0 spiro atoms. The predicted octanol–water partition coefficient (Wildman–Crippen LogP) is 1.38. The van der Waals surface area contributed by atoms with Crippen LogP contribution in [0.2, 0.25) is 0 Å². The van der Waals surface area contributed by atoms with E-state index in [1.807, 2.05) is 37.5 Å². The van der Waals surface area contributed by atoms with Crippen LogP contribution in [-0.2, 0) is 0 Å². The van der Waals surface area contributed by atoms with Crippen molar-refractivity contribution in [2.75, 3.05) is 70.5 Å². The second kappa shape index (κ2) is 6.92. The number of nitrogens with two attached hydrogens (primary N) is 1. The van der Waals surface area contributed by atoms with Crippen LogP contribution in [0.15, 0.2) is 4.52 Å². The predicted molar refractivity (Wildman–Crippen MR) is 88.9 cm³/mol. The van der Waals surface area contributed by atoms with E-state index in [1.54, 1.807) is 0 Å². The molecule has 0 fully saturated rings. The topological polar surface area (TPSA) is 54.6 Å². The van der Waals surface area contributed by atoms with Crippen LogP contribution in [0.3, 0.4) is 0 Å². The summed E-state index contributed by atoms with van der Waals surface area (Å²) in [7, 11) is 16.2. The van der Waals surface area contributed by atoms with Crippen molar-refractivity contribution in [3.05, 3.63) is 0 Å². The Morgan fingerprint density at radius 2 is 0.947 bits per heavy atom. The van der Waals surface area contributed by atoms with Crippen LogP contribution in [0, 0.1) is 0 Å². The highest BCUT2D eigenvalue weighted by Gasteiger charge is 2.46. The van der Waals surface area contributed by atoms with E-state index in [0.29, 0.717) is 0 Å². The van der Waals surface area contributed by atoms with Crippen LogP contribution >= 0.6 is 15.4 Å². The molecule has 0 aliphatic carbocycles. The van der Waals surface area contributed by atoms with Crippen molar-refractivity contribution in [2.45, 2.75) is 0 Å². The van der Waals surface area contributed by atoms with Crippen molar-refractivity contribution in [3.63, 3.8) is 0 Å². The maximum atomic E-state index is 6.63. The minimum atomic E-state index is -2.18. The zero-order valence-electron chi connectivity index (χ0n) is 14.2. The zero-order valence-corrected chi connectivity index (χ0v) is 15.9. The van der Waals surface area contributed by atoms with E-state index in [2.05, 4.69) is 56.3 Å². The molecule has 0 heterocycles. The fourth-order valence-corrected chi connectivity index (χ4v) is 9.48. The fourth-order valence-electron chi connectivity index (χ4n) is 2.01. The Balaban J connectivity index is 6.20. The Hall–Kier alpha value is 0.420. The lowest BCUT2D eigenvalue weighted by Crippen LogP contribution is -2.35. The summed E-state index contributed by atoms with van der Waals surface area (Å²) in [6.07, 6.45) is 0. The van der Waals surface area contributed by atoms with Gasteiger partial charge < -0.3 is 0 Å². The van der Waals surface area contributed by atoms with Crippen LogP contribution < -0.4 is 5.50 Å². The molecular weight excluding hydrogens is 280 g/mol. The van der Waals surface area contributed by atoms with E-state index in [0.717, 1.165) is 0 Å². The molecule has 0 aromatic rings. The normalized spacial score (nSPS) is 14.3. The highest BCUT2D eigenvalue weighted by atomic mass is 31.2. The third-order valence-electron chi connectivity index (χ3n) is 3.04. The maximum Gasteiger partial charge on any atom is 0.351 e. The van der Waals surface area contributed by atoms with E-state index in [1.165, 1.54) is 0 Å². The molecule has 0 aromatic heterocycles. The van der Waals surface area contributed by atoms with E-state index in [-0.39, 0.29) is 0 Å². The standard InChI is InChI=1S/C10H32N7P2/c1-13(2)18(11,14(3)4)12-19(15(5)6,16(7)8)17(9)10/h11H2,1-10H3/q+1. The minimum absolute atomic E-state index is 1.98. The van der Waals surface area contributed by atoms with Gasteiger partial charge >= 0.3 is 7.87 Å². The summed E-state index contributed by atoms with van der Waals surface area (Å²) in [6, 6.07) is 0. The van der Waals surface area contributed by atoms with Gasteiger partial charge in [-0.15, -0.1) is 9.34 Å². The molecular formula is C10H32N7P2+. The van der Waals surface area contributed by atoms with Gasteiger partial charge in [0.15, 0.2) is 0 Å². The molecule has 0 aliphatic heterocycles. The first kappa shape index (κ1) is 19.4. The summed E-state index contributed by atoms with van der Waals surface area (Å²) in [4.78, 5) is 0. The molecule has 0 aliphatic rings. The zero-order chi connectivity index (χ0) is 15.6. The molecule has 19 heavy (non-hydrogen) atoms. The highest BCUT2D eigenvalue weighted by molar-refractivity contribution is 7.75. The van der Waals surface area contributed by atoms with E-state index in [4.69, 9.17) is 10.0 Å². The van der Waals surface area contributed by atoms with Crippen molar-refractivity contribution < 1.29 is 0 Å². The van der Waals surface area contributed by atoms with Crippen molar-refractivity contribution in [3.8, 4) is 0 Å². The molecule has 0 unspecified atom stereocenters. The van der Waals surface area contributed by atoms with Gasteiger partial charge in [0.2, 0.25) is 7.51 Å². The average Bonchev–Trinajstić information content (AvgIpc) is 2.23. The number of hydrogen-bond donors (Lipinski definition) is 1. The monoisotopic (exact) mass is 312 g/mol. The van der Waals surface area contributed by atoms with Crippen molar-refractivity contribution in [1.82, 2.24) is 23.4 Å². The van der Waals surface area contributed by atoms with Crippen molar-refractivity contribution in [1.29, 1.82) is 0 Å². The Morgan fingerprint density at radius 1 is 0.684 bits per heavy atom. The third kappa shape index (κ3) is 3.74. The van der Waals surface area contributed by atoms with Gasteiger partial charge in [0, 0.05) is 28.2 Å². The SMILES string of the molecule is CN(C)P(=N[P+](N)(N(C)C)N(C)C)(N(C)C)N(C)C. The summed E-state index contributed by atoms with van der Waals surface area (Å²) in [5.41, 5.74) is 6.63. The first-order chi connectivity index (χ1) is 8.42. The van der Waals surface area contributed by atoms with Gasteiger partial charge in [0.05, 0.1) is 0 Å². The number of hydrogen-bond acceptors (Lipinski definition) is 4. The van der Waals surface area contributed by atoms with Gasteiger partial charge in [-0.2, -0.15) is 5.50 Å². The van der Waals surface area contributed by atoms with E-state index in [9.17, 15) is 0 Å². The van der Waals surface area contributed by atoms with Gasteiger partial charge in [-0.3, -0.25) is 0 Å². The summed E-state index contributed by atoms with van der Waals surface area (Å²) in [5.74, 6) is 0. The first-order valence-electron chi connectivity index (χ1n) is 6.13. The van der Waals surface area contributed by atoms with Crippen molar-refractivity contribution >= 4 is 15.4 Å². The Morgan fingerprint density at radius 3 is 1.11 bits per heavy atom. The summed E-state index contributed by atoms with van der Waals surface area (Å²) in [5, 5.41) is 0. The Bertz CT molecular complexity index is 302. The smallest absolute Gasteiger partial charge is 0.249 e. The lowest BCUT2D eigenvalue weighted by atomic mass is 11.2. The second-order valence-corrected chi connectivity index (χ2v) is 12.5. The lowest BCUT2D eigenvalue weighted by molar-refractivity contribution is 0.471. The maximum absolute atomic E-state index is 6.63. The molecule has 116 valence electrons. The van der Waals surface area contributed by atoms with Crippen LogP contribution in [-0.4, -0.2) is 93.8 Å². The lowest BCUT2D eigenvalue weighted by Gasteiger charge is -2.41.